The predicted molar refractivity (Wildman–Crippen MR) is 54.5 cm³/mol. The number of thiophene rings is 1. The molecule has 3 nitrogen and oxygen atoms in total. The highest BCUT2D eigenvalue weighted by atomic mass is 32.1. The quantitative estimate of drug-likeness (QED) is 0.751. The van der Waals surface area contributed by atoms with Crippen LogP contribution in [0.25, 0.3) is 10.6 Å². The van der Waals surface area contributed by atoms with E-state index in [1.165, 1.54) is 11.2 Å². The summed E-state index contributed by atoms with van der Waals surface area (Å²) in [7, 11) is 0. The van der Waals surface area contributed by atoms with Crippen molar-refractivity contribution in [2.45, 2.75) is 6.92 Å². The molecule has 0 aliphatic carbocycles. The Balaban J connectivity index is 2.52. The third-order valence-electron chi connectivity index (χ3n) is 1.71. The maximum absolute atomic E-state index is 5.74. The Hall–Kier alpha value is -1.42. The first-order valence-electron chi connectivity index (χ1n) is 3.89. The van der Waals surface area contributed by atoms with Gasteiger partial charge in [0.05, 0.1) is 16.8 Å². The molecule has 0 aliphatic heterocycles. The molecule has 2 rings (SSSR count). The van der Waals surface area contributed by atoms with Crippen LogP contribution in [0.2, 0.25) is 0 Å². The molecule has 0 unspecified atom stereocenters. The monoisotopic (exact) mass is 191 g/mol. The second kappa shape index (κ2) is 3.14. The van der Waals surface area contributed by atoms with Crippen LogP contribution in [0.1, 0.15) is 4.88 Å². The van der Waals surface area contributed by atoms with Crippen LogP contribution in [0.3, 0.4) is 0 Å². The maximum atomic E-state index is 5.74. The Morgan fingerprint density at radius 3 is 2.85 bits per heavy atom. The Labute approximate surface area is 80.3 Å². The molecular formula is C9H9N3S. The number of anilines is 1. The second-order valence-electron chi connectivity index (χ2n) is 2.74. The van der Waals surface area contributed by atoms with E-state index in [0.717, 1.165) is 10.6 Å². The lowest BCUT2D eigenvalue weighted by atomic mass is 10.3. The first kappa shape index (κ1) is 8.19. The zero-order chi connectivity index (χ0) is 9.26. The average molecular weight is 191 g/mol. The molecule has 2 heterocycles. The van der Waals surface area contributed by atoms with Gasteiger partial charge < -0.3 is 5.73 Å². The predicted octanol–water partition coefficient (Wildman–Crippen LogP) is 2.10. The SMILES string of the molecule is Cc1ccc(-c2ncncc2N)s1. The highest BCUT2D eigenvalue weighted by Gasteiger charge is 2.05. The van der Waals surface area contributed by atoms with Crippen LogP contribution in [-0.4, -0.2) is 9.97 Å². The van der Waals surface area contributed by atoms with Gasteiger partial charge in [-0.05, 0) is 19.1 Å². The minimum absolute atomic E-state index is 0.629. The molecule has 0 spiro atoms. The summed E-state index contributed by atoms with van der Waals surface area (Å²) in [6.07, 6.45) is 3.14. The van der Waals surface area contributed by atoms with Crippen molar-refractivity contribution in [1.82, 2.24) is 9.97 Å². The van der Waals surface area contributed by atoms with Crippen molar-refractivity contribution >= 4 is 17.0 Å². The number of hydrogen-bond donors (Lipinski definition) is 1. The van der Waals surface area contributed by atoms with Crippen LogP contribution in [0.15, 0.2) is 24.7 Å². The van der Waals surface area contributed by atoms with Gasteiger partial charge in [-0.3, -0.25) is 0 Å². The van der Waals surface area contributed by atoms with Crippen LogP contribution in [0.5, 0.6) is 0 Å². The first-order chi connectivity index (χ1) is 6.27. The fourth-order valence-electron chi connectivity index (χ4n) is 1.11. The fourth-order valence-corrected chi connectivity index (χ4v) is 1.99. The van der Waals surface area contributed by atoms with Gasteiger partial charge in [0.1, 0.15) is 12.0 Å². The van der Waals surface area contributed by atoms with Crippen molar-refractivity contribution in [3.63, 3.8) is 0 Å². The largest absolute Gasteiger partial charge is 0.396 e. The number of nitrogens with zero attached hydrogens (tertiary/aromatic N) is 2. The van der Waals surface area contributed by atoms with Gasteiger partial charge in [0.15, 0.2) is 0 Å². The molecule has 2 aromatic heterocycles. The van der Waals surface area contributed by atoms with E-state index in [2.05, 4.69) is 23.0 Å². The summed E-state index contributed by atoms with van der Waals surface area (Å²) in [5.74, 6) is 0. The van der Waals surface area contributed by atoms with E-state index in [1.807, 2.05) is 6.07 Å². The molecule has 4 heteroatoms. The van der Waals surface area contributed by atoms with Crippen LogP contribution in [0.4, 0.5) is 5.69 Å². The molecule has 0 fully saturated rings. The van der Waals surface area contributed by atoms with Gasteiger partial charge in [0, 0.05) is 4.88 Å². The van der Waals surface area contributed by atoms with Gasteiger partial charge in [-0.2, -0.15) is 0 Å². The third kappa shape index (κ3) is 1.53. The molecule has 2 N–H and O–H groups in total. The van der Waals surface area contributed by atoms with Gasteiger partial charge in [-0.15, -0.1) is 11.3 Å². The number of nitrogens with two attached hydrogens (primary N) is 1. The van der Waals surface area contributed by atoms with E-state index in [0.29, 0.717) is 5.69 Å². The Morgan fingerprint density at radius 1 is 1.38 bits per heavy atom. The average Bonchev–Trinajstić information content (AvgIpc) is 2.53. The summed E-state index contributed by atoms with van der Waals surface area (Å²) in [4.78, 5) is 10.3. The number of nitrogen functional groups attached to an aromatic ring is 1. The summed E-state index contributed by atoms with van der Waals surface area (Å²) in [6.45, 7) is 2.06. The topological polar surface area (TPSA) is 51.8 Å². The molecule has 0 aliphatic rings. The smallest absolute Gasteiger partial charge is 0.116 e. The summed E-state index contributed by atoms with van der Waals surface area (Å²) in [5, 5.41) is 0. The van der Waals surface area contributed by atoms with Crippen molar-refractivity contribution in [1.29, 1.82) is 0 Å². The molecule has 0 bridgehead atoms. The van der Waals surface area contributed by atoms with E-state index in [1.54, 1.807) is 17.5 Å². The molecule has 0 atom stereocenters. The lowest BCUT2D eigenvalue weighted by Crippen LogP contribution is -1.92. The van der Waals surface area contributed by atoms with Crippen molar-refractivity contribution in [3.8, 4) is 10.6 Å². The Bertz CT molecular complexity index is 422. The molecular weight excluding hydrogens is 182 g/mol. The third-order valence-corrected chi connectivity index (χ3v) is 2.72. The van der Waals surface area contributed by atoms with Crippen molar-refractivity contribution < 1.29 is 0 Å². The summed E-state index contributed by atoms with van der Waals surface area (Å²) in [5.41, 5.74) is 7.20. The van der Waals surface area contributed by atoms with E-state index < -0.39 is 0 Å². The zero-order valence-corrected chi connectivity index (χ0v) is 8.01. The number of hydrogen-bond acceptors (Lipinski definition) is 4. The van der Waals surface area contributed by atoms with Crippen LogP contribution >= 0.6 is 11.3 Å². The molecule has 0 saturated heterocycles. The second-order valence-corrected chi connectivity index (χ2v) is 4.02. The molecule has 13 heavy (non-hydrogen) atoms. The fraction of sp³-hybridized carbons (Fsp3) is 0.111. The van der Waals surface area contributed by atoms with Gasteiger partial charge in [0.2, 0.25) is 0 Å². The minimum atomic E-state index is 0.629. The Morgan fingerprint density at radius 2 is 2.23 bits per heavy atom. The van der Waals surface area contributed by atoms with Gasteiger partial charge in [-0.1, -0.05) is 0 Å². The molecule has 0 aromatic carbocycles. The van der Waals surface area contributed by atoms with E-state index in [-0.39, 0.29) is 0 Å². The number of aryl methyl sites for hydroxylation is 1. The highest BCUT2D eigenvalue weighted by Crippen LogP contribution is 2.28. The molecule has 66 valence electrons. The van der Waals surface area contributed by atoms with Gasteiger partial charge >= 0.3 is 0 Å². The maximum Gasteiger partial charge on any atom is 0.116 e. The van der Waals surface area contributed by atoms with Crippen LogP contribution in [0, 0.1) is 6.92 Å². The van der Waals surface area contributed by atoms with E-state index in [9.17, 15) is 0 Å². The molecule has 2 aromatic rings. The van der Waals surface area contributed by atoms with E-state index in [4.69, 9.17) is 5.73 Å². The Kier molecular flexibility index (Phi) is 1.98. The molecule has 0 amide bonds. The zero-order valence-electron chi connectivity index (χ0n) is 7.19. The summed E-state index contributed by atoms with van der Waals surface area (Å²) >= 11 is 1.68. The lowest BCUT2D eigenvalue weighted by molar-refractivity contribution is 1.18. The van der Waals surface area contributed by atoms with Gasteiger partial charge in [0.25, 0.3) is 0 Å². The summed E-state index contributed by atoms with van der Waals surface area (Å²) in [6, 6.07) is 4.08. The van der Waals surface area contributed by atoms with E-state index >= 15 is 0 Å². The lowest BCUT2D eigenvalue weighted by Gasteiger charge is -1.98. The van der Waals surface area contributed by atoms with Crippen molar-refractivity contribution in [2.24, 2.45) is 0 Å². The van der Waals surface area contributed by atoms with Crippen molar-refractivity contribution in [3.05, 3.63) is 29.5 Å². The van der Waals surface area contributed by atoms with Crippen LogP contribution in [-0.2, 0) is 0 Å². The normalized spacial score (nSPS) is 10.2. The van der Waals surface area contributed by atoms with Gasteiger partial charge in [-0.25, -0.2) is 9.97 Å². The highest BCUT2D eigenvalue weighted by molar-refractivity contribution is 7.15. The number of aromatic nitrogens is 2. The standard InChI is InChI=1S/C9H9N3S/c1-6-2-3-8(13-6)9-7(10)4-11-5-12-9/h2-5H,10H2,1H3. The minimum Gasteiger partial charge on any atom is -0.396 e. The van der Waals surface area contributed by atoms with Crippen LogP contribution < -0.4 is 5.73 Å². The first-order valence-corrected chi connectivity index (χ1v) is 4.71. The molecule has 0 radical (unpaired) electrons. The van der Waals surface area contributed by atoms with Crippen molar-refractivity contribution in [2.75, 3.05) is 5.73 Å². The summed E-state index contributed by atoms with van der Waals surface area (Å²) < 4.78 is 0. The number of rotatable bonds is 1. The molecule has 0 saturated carbocycles.